The zero-order chi connectivity index (χ0) is 20.5. The van der Waals surface area contributed by atoms with Crippen LogP contribution in [0.25, 0.3) is 32.9 Å². The number of thiazole rings is 1. The second-order valence-corrected chi connectivity index (χ2v) is 8.12. The summed E-state index contributed by atoms with van der Waals surface area (Å²) in [4.78, 5) is 13.8. The minimum Gasteiger partial charge on any atom is -0.338 e. The number of hydrogen-bond donors (Lipinski definition) is 1. The van der Waals surface area contributed by atoms with E-state index in [1.54, 1.807) is 11.3 Å². The highest BCUT2D eigenvalue weighted by Crippen LogP contribution is 2.32. The number of rotatable bonds is 4. The van der Waals surface area contributed by atoms with E-state index in [1.807, 2.05) is 60.7 Å². The van der Waals surface area contributed by atoms with Crippen LogP contribution in [0.3, 0.4) is 0 Å². The van der Waals surface area contributed by atoms with Gasteiger partial charge in [0.25, 0.3) is 0 Å². The van der Waals surface area contributed by atoms with E-state index < -0.39 is 0 Å². The zero-order valence-corrected chi connectivity index (χ0v) is 17.7. The maximum absolute atomic E-state index is 6.31. The Morgan fingerprint density at radius 2 is 1.50 bits per heavy atom. The molecule has 0 aliphatic heterocycles. The van der Waals surface area contributed by atoms with E-state index in [-0.39, 0.29) is 0 Å². The molecule has 0 spiro atoms. The van der Waals surface area contributed by atoms with Crippen molar-refractivity contribution < 1.29 is 0 Å². The van der Waals surface area contributed by atoms with E-state index >= 15 is 0 Å². The standard InChI is InChI=1S/C24H17ClN4S/c1-15-6-2-3-7-18(15)24-29-21(14-30-24)16-10-12-17(13-11-16)26-23-22(25)27-19-8-4-5-9-20(19)28-23/h2-14H,1H3,(H,26,28). The minimum absolute atomic E-state index is 0.347. The molecule has 3 aromatic carbocycles. The van der Waals surface area contributed by atoms with Crippen molar-refractivity contribution in [3.8, 4) is 21.8 Å². The molecule has 1 N–H and O–H groups in total. The lowest BCUT2D eigenvalue weighted by Crippen LogP contribution is -1.97. The normalized spacial score (nSPS) is 11.0. The molecule has 30 heavy (non-hydrogen) atoms. The number of halogens is 1. The second kappa shape index (κ2) is 7.86. The fraction of sp³-hybridized carbons (Fsp3) is 0.0417. The van der Waals surface area contributed by atoms with Crippen molar-refractivity contribution >= 4 is 45.5 Å². The molecular weight excluding hydrogens is 412 g/mol. The molecule has 0 amide bonds. The molecule has 0 aliphatic carbocycles. The summed E-state index contributed by atoms with van der Waals surface area (Å²) in [7, 11) is 0. The molecule has 4 nitrogen and oxygen atoms in total. The highest BCUT2D eigenvalue weighted by Gasteiger charge is 2.10. The SMILES string of the molecule is Cc1ccccc1-c1nc(-c2ccc(Nc3nc4ccccc4nc3Cl)cc2)cs1. The highest BCUT2D eigenvalue weighted by molar-refractivity contribution is 7.13. The van der Waals surface area contributed by atoms with E-state index in [0.717, 1.165) is 33.0 Å². The Morgan fingerprint density at radius 3 is 2.27 bits per heavy atom. The van der Waals surface area contributed by atoms with Crippen LogP contribution in [0, 0.1) is 6.92 Å². The molecule has 0 saturated heterocycles. The largest absolute Gasteiger partial charge is 0.338 e. The maximum Gasteiger partial charge on any atom is 0.172 e. The van der Waals surface area contributed by atoms with Crippen molar-refractivity contribution in [1.29, 1.82) is 0 Å². The van der Waals surface area contributed by atoms with Gasteiger partial charge in [0.05, 0.1) is 16.7 Å². The first-order valence-corrected chi connectivity index (χ1v) is 10.7. The van der Waals surface area contributed by atoms with Crippen LogP contribution in [0.5, 0.6) is 0 Å². The summed E-state index contributed by atoms with van der Waals surface area (Å²) < 4.78 is 0. The van der Waals surface area contributed by atoms with Gasteiger partial charge in [-0.15, -0.1) is 11.3 Å². The van der Waals surface area contributed by atoms with Gasteiger partial charge in [-0.3, -0.25) is 0 Å². The summed E-state index contributed by atoms with van der Waals surface area (Å²) in [6, 6.07) is 24.1. The highest BCUT2D eigenvalue weighted by atomic mass is 35.5. The molecule has 0 unspecified atom stereocenters. The molecule has 0 saturated carbocycles. The predicted molar refractivity (Wildman–Crippen MR) is 126 cm³/mol. The third-order valence-corrected chi connectivity index (χ3v) is 5.99. The first-order chi connectivity index (χ1) is 14.7. The number of fused-ring (bicyclic) bond motifs is 1. The van der Waals surface area contributed by atoms with Crippen molar-refractivity contribution in [2.45, 2.75) is 6.92 Å². The summed E-state index contributed by atoms with van der Waals surface area (Å²) in [5.41, 5.74) is 6.90. The predicted octanol–water partition coefficient (Wildman–Crippen LogP) is 7.13. The van der Waals surface area contributed by atoms with Crippen molar-refractivity contribution in [2.75, 3.05) is 5.32 Å². The quantitative estimate of drug-likeness (QED) is 0.331. The smallest absolute Gasteiger partial charge is 0.172 e. The van der Waals surface area contributed by atoms with Gasteiger partial charge >= 0.3 is 0 Å². The van der Waals surface area contributed by atoms with E-state index in [4.69, 9.17) is 16.6 Å². The fourth-order valence-electron chi connectivity index (χ4n) is 3.26. The number of hydrogen-bond acceptors (Lipinski definition) is 5. The summed E-state index contributed by atoms with van der Waals surface area (Å²) in [6.45, 7) is 2.11. The average molecular weight is 429 g/mol. The number of benzene rings is 3. The topological polar surface area (TPSA) is 50.7 Å². The van der Waals surface area contributed by atoms with Crippen LogP contribution in [-0.4, -0.2) is 15.0 Å². The molecule has 2 aromatic heterocycles. The first kappa shape index (κ1) is 18.7. The Morgan fingerprint density at radius 1 is 0.800 bits per heavy atom. The van der Waals surface area contributed by atoms with Crippen molar-refractivity contribution in [3.63, 3.8) is 0 Å². The van der Waals surface area contributed by atoms with Gasteiger partial charge in [-0.1, -0.05) is 60.1 Å². The molecular formula is C24H17ClN4S. The van der Waals surface area contributed by atoms with Gasteiger partial charge in [-0.2, -0.15) is 0 Å². The Balaban J connectivity index is 1.39. The van der Waals surface area contributed by atoms with Crippen LogP contribution in [0.4, 0.5) is 11.5 Å². The van der Waals surface area contributed by atoms with E-state index in [9.17, 15) is 0 Å². The number of aromatic nitrogens is 3. The number of nitrogens with zero attached hydrogens (tertiary/aromatic N) is 3. The molecule has 0 bridgehead atoms. The Hall–Kier alpha value is -3.28. The third kappa shape index (κ3) is 3.65. The lowest BCUT2D eigenvalue weighted by atomic mass is 10.1. The van der Waals surface area contributed by atoms with Gasteiger partial charge in [-0.05, 0) is 36.8 Å². The van der Waals surface area contributed by atoms with Gasteiger partial charge in [0.1, 0.15) is 5.01 Å². The Bertz CT molecular complexity index is 1350. The fourth-order valence-corrected chi connectivity index (χ4v) is 4.36. The summed E-state index contributed by atoms with van der Waals surface area (Å²) in [6.07, 6.45) is 0. The lowest BCUT2D eigenvalue weighted by molar-refractivity contribution is 1.28. The molecule has 0 aliphatic rings. The Labute approximate surface area is 183 Å². The van der Waals surface area contributed by atoms with E-state index in [1.165, 1.54) is 11.1 Å². The van der Waals surface area contributed by atoms with Gasteiger partial charge < -0.3 is 5.32 Å². The van der Waals surface area contributed by atoms with Crippen LogP contribution in [0.2, 0.25) is 5.15 Å². The van der Waals surface area contributed by atoms with E-state index in [0.29, 0.717) is 11.0 Å². The number of anilines is 2. The summed E-state index contributed by atoms with van der Waals surface area (Å²) >= 11 is 7.97. The second-order valence-electron chi connectivity index (χ2n) is 6.91. The van der Waals surface area contributed by atoms with Gasteiger partial charge in [0.15, 0.2) is 11.0 Å². The molecule has 0 atom stereocenters. The summed E-state index contributed by atoms with van der Waals surface area (Å²) in [5.74, 6) is 0.540. The van der Waals surface area contributed by atoms with Crippen LogP contribution < -0.4 is 5.32 Å². The minimum atomic E-state index is 0.347. The van der Waals surface area contributed by atoms with Crippen LogP contribution in [-0.2, 0) is 0 Å². The molecule has 6 heteroatoms. The molecule has 5 rings (SSSR count). The molecule has 5 aromatic rings. The van der Waals surface area contributed by atoms with Gasteiger partial charge in [0, 0.05) is 22.2 Å². The molecule has 146 valence electrons. The van der Waals surface area contributed by atoms with Crippen molar-refractivity contribution in [2.24, 2.45) is 0 Å². The Kier molecular flexibility index (Phi) is 4.91. The zero-order valence-electron chi connectivity index (χ0n) is 16.1. The van der Waals surface area contributed by atoms with Gasteiger partial charge in [-0.25, -0.2) is 15.0 Å². The first-order valence-electron chi connectivity index (χ1n) is 9.49. The summed E-state index contributed by atoms with van der Waals surface area (Å²) in [5, 5.41) is 6.73. The van der Waals surface area contributed by atoms with Crippen LogP contribution in [0.1, 0.15) is 5.56 Å². The number of aryl methyl sites for hydroxylation is 1. The van der Waals surface area contributed by atoms with Crippen molar-refractivity contribution in [1.82, 2.24) is 15.0 Å². The monoisotopic (exact) mass is 428 g/mol. The third-order valence-electron chi connectivity index (χ3n) is 4.85. The maximum atomic E-state index is 6.31. The number of para-hydroxylation sites is 2. The van der Waals surface area contributed by atoms with Crippen molar-refractivity contribution in [3.05, 3.63) is 88.9 Å². The lowest BCUT2D eigenvalue weighted by Gasteiger charge is -2.09. The van der Waals surface area contributed by atoms with E-state index in [2.05, 4.69) is 39.7 Å². The molecule has 0 radical (unpaired) electrons. The van der Waals surface area contributed by atoms with Crippen LogP contribution >= 0.6 is 22.9 Å². The van der Waals surface area contributed by atoms with Gasteiger partial charge in [0.2, 0.25) is 0 Å². The average Bonchev–Trinajstić information content (AvgIpc) is 3.25. The molecule has 2 heterocycles. The van der Waals surface area contributed by atoms with Crippen LogP contribution in [0.15, 0.2) is 78.2 Å². The molecule has 0 fully saturated rings. The number of nitrogens with one attached hydrogen (secondary N) is 1.